The van der Waals surface area contributed by atoms with Crippen LogP contribution in [0.15, 0.2) is 65.8 Å². The molecule has 0 unspecified atom stereocenters. The third-order valence-electron chi connectivity index (χ3n) is 5.35. The smallest absolute Gasteiger partial charge is 0.434 e. The first-order valence-corrected chi connectivity index (χ1v) is 16.5. The molecule has 1 amide bonds. The first-order valence-electron chi connectivity index (χ1n) is 11.2. The molecule has 1 aromatic heterocycles. The summed E-state index contributed by atoms with van der Waals surface area (Å²) in [6.07, 6.45) is 0.677. The molecule has 8 nitrogen and oxygen atoms in total. The number of benzene rings is 2. The van der Waals surface area contributed by atoms with Gasteiger partial charge in [0.25, 0.3) is 0 Å². The zero-order valence-corrected chi connectivity index (χ0v) is 22.2. The van der Waals surface area contributed by atoms with Gasteiger partial charge in [0.2, 0.25) is 10.0 Å². The topological polar surface area (TPSA) is 104 Å². The maximum Gasteiger partial charge on any atom is 0.434 e. The summed E-state index contributed by atoms with van der Waals surface area (Å²) in [4.78, 5) is 28.3. The minimum atomic E-state index is -3.48. The third-order valence-corrected chi connectivity index (χ3v) is 9.10. The van der Waals surface area contributed by atoms with E-state index < -0.39 is 30.2 Å². The molecule has 3 rings (SSSR count). The number of esters is 1. The second-order valence-corrected chi connectivity index (χ2v) is 17.0. The number of amides is 1. The third kappa shape index (κ3) is 7.37. The van der Waals surface area contributed by atoms with E-state index in [1.54, 1.807) is 30.5 Å². The lowest BCUT2D eigenvalue weighted by molar-refractivity contribution is -0.132. The summed E-state index contributed by atoms with van der Waals surface area (Å²) in [5, 5.41) is 0.704. The Morgan fingerprint density at radius 2 is 1.71 bits per heavy atom. The molecule has 0 aliphatic rings. The summed E-state index contributed by atoms with van der Waals surface area (Å²) in [6.45, 7) is 6.45. The van der Waals surface area contributed by atoms with Crippen LogP contribution in [0.1, 0.15) is 11.1 Å². The average Bonchev–Trinajstić information content (AvgIpc) is 3.25. The van der Waals surface area contributed by atoms with Crippen LogP contribution in [0.5, 0.6) is 0 Å². The van der Waals surface area contributed by atoms with Gasteiger partial charge in [-0.2, -0.15) is 4.99 Å². The Bertz CT molecular complexity index is 1340. The second kappa shape index (κ2) is 11.0. The molecule has 0 saturated heterocycles. The van der Waals surface area contributed by atoms with Crippen LogP contribution in [-0.2, 0) is 37.3 Å². The number of methoxy groups -OCH3 is 1. The first-order chi connectivity index (χ1) is 16.5. The van der Waals surface area contributed by atoms with Crippen LogP contribution in [0.4, 0.5) is 4.79 Å². The van der Waals surface area contributed by atoms with Crippen LogP contribution in [-0.4, -0.2) is 51.1 Å². The van der Waals surface area contributed by atoms with Crippen molar-refractivity contribution in [1.29, 1.82) is 0 Å². The van der Waals surface area contributed by atoms with Gasteiger partial charge in [-0.1, -0.05) is 56.0 Å². The quantitative estimate of drug-likeness (QED) is 0.234. The van der Waals surface area contributed by atoms with E-state index >= 15 is 0 Å². The number of carbonyl (C=O) groups is 2. The molecule has 186 valence electrons. The molecule has 0 N–H and O–H groups in total. The predicted octanol–water partition coefficient (Wildman–Crippen LogP) is 4.65. The lowest BCUT2D eigenvalue weighted by Gasteiger charge is -2.16. The second-order valence-electron chi connectivity index (χ2n) is 9.40. The molecule has 0 aliphatic heterocycles. The van der Waals surface area contributed by atoms with Crippen molar-refractivity contribution < 1.29 is 27.5 Å². The van der Waals surface area contributed by atoms with Crippen LogP contribution in [0.25, 0.3) is 10.9 Å². The fourth-order valence-corrected chi connectivity index (χ4v) is 7.77. The number of ether oxygens (including phenoxy) is 2. The number of fused-ring (bicyclic) bond motifs is 1. The van der Waals surface area contributed by atoms with Gasteiger partial charge >= 0.3 is 12.1 Å². The maximum atomic E-state index is 12.9. The van der Waals surface area contributed by atoms with E-state index in [1.165, 1.54) is 11.1 Å². The van der Waals surface area contributed by atoms with E-state index in [0.29, 0.717) is 22.5 Å². The molecule has 2 aromatic carbocycles. The minimum Gasteiger partial charge on any atom is -0.465 e. The fourth-order valence-electron chi connectivity index (χ4n) is 3.38. The number of carbonyl (C=O) groups excluding carboxylic acids is 2. The van der Waals surface area contributed by atoms with Gasteiger partial charge in [-0.05, 0) is 35.4 Å². The molecule has 0 fully saturated rings. The van der Waals surface area contributed by atoms with Gasteiger partial charge in [0, 0.05) is 26.1 Å². The van der Waals surface area contributed by atoms with E-state index in [1.807, 2.05) is 30.3 Å². The molecule has 35 heavy (non-hydrogen) atoms. The number of hydrogen-bond acceptors (Lipinski definition) is 6. The van der Waals surface area contributed by atoms with Crippen molar-refractivity contribution in [1.82, 2.24) is 3.97 Å². The lowest BCUT2D eigenvalue weighted by Crippen LogP contribution is -2.26. The Kier molecular flexibility index (Phi) is 8.29. The monoisotopic (exact) mass is 514 g/mol. The molecule has 0 aliphatic carbocycles. The van der Waals surface area contributed by atoms with Crippen LogP contribution >= 0.6 is 0 Å². The molecule has 0 saturated carbocycles. The molecule has 0 spiro atoms. The summed E-state index contributed by atoms with van der Waals surface area (Å²) in [5.74, 6) is -0.647. The van der Waals surface area contributed by atoms with Crippen molar-refractivity contribution in [2.24, 2.45) is 4.99 Å². The maximum absolute atomic E-state index is 12.9. The number of rotatable bonds is 9. The van der Waals surface area contributed by atoms with Crippen LogP contribution in [0.3, 0.4) is 0 Å². The molecule has 1 heterocycles. The highest BCUT2D eigenvalue weighted by Gasteiger charge is 2.22. The molecule has 0 atom stereocenters. The number of hydrogen-bond donors (Lipinski definition) is 0. The zero-order valence-electron chi connectivity index (χ0n) is 20.4. The zero-order chi connectivity index (χ0) is 25.6. The van der Waals surface area contributed by atoms with Crippen molar-refractivity contribution in [2.75, 3.05) is 12.9 Å². The Balaban J connectivity index is 1.78. The number of aliphatic imine (C=N–C) groups is 1. The van der Waals surface area contributed by atoms with Gasteiger partial charge in [0.05, 0.1) is 18.4 Å². The van der Waals surface area contributed by atoms with E-state index in [4.69, 9.17) is 9.47 Å². The molecular weight excluding hydrogens is 484 g/mol. The highest BCUT2D eigenvalue weighted by molar-refractivity contribution is 7.90. The van der Waals surface area contributed by atoms with Crippen molar-refractivity contribution >= 4 is 46.8 Å². The van der Waals surface area contributed by atoms with Crippen LogP contribution < -0.4 is 0 Å². The summed E-state index contributed by atoms with van der Waals surface area (Å²) in [6, 6.07) is 16.7. The normalized spacial score (nSPS) is 12.5. The predicted molar refractivity (Wildman–Crippen MR) is 139 cm³/mol. The van der Waals surface area contributed by atoms with E-state index in [0.717, 1.165) is 5.56 Å². The molecule has 0 bridgehead atoms. The van der Waals surface area contributed by atoms with E-state index in [-0.39, 0.29) is 24.5 Å². The Labute approximate surface area is 206 Å². The van der Waals surface area contributed by atoms with Crippen LogP contribution in [0, 0.1) is 0 Å². The summed E-state index contributed by atoms with van der Waals surface area (Å²) < 4.78 is 37.0. The summed E-state index contributed by atoms with van der Waals surface area (Å²) >= 11 is 0. The Morgan fingerprint density at radius 1 is 1.00 bits per heavy atom. The van der Waals surface area contributed by atoms with Crippen molar-refractivity contribution in [3.05, 3.63) is 71.9 Å². The van der Waals surface area contributed by atoms with Crippen molar-refractivity contribution in [2.45, 2.75) is 38.7 Å². The molecular formula is C25H30N2O6SSi. The minimum absolute atomic E-state index is 0.0244. The standard InChI is InChI=1S/C25H30N2O6SSi/c1-32-24(28)22(26-25(29)33-18-19-8-6-5-7-9-19)17-20-10-11-23-21(16-20)12-13-27(23)34(30,31)14-15-35(2,3)4/h5-13,16H,14-15,17-18H2,1-4H3. The first kappa shape index (κ1) is 26.4. The number of nitrogens with zero attached hydrogens (tertiary/aromatic N) is 2. The van der Waals surface area contributed by atoms with E-state index in [9.17, 15) is 18.0 Å². The van der Waals surface area contributed by atoms with Gasteiger partial charge in [-0.25, -0.2) is 22.0 Å². The Morgan fingerprint density at radius 3 is 2.37 bits per heavy atom. The SMILES string of the molecule is COC(=O)C(Cc1ccc2c(ccn2S(=O)(=O)CC[Si](C)(C)C)c1)=NC(=O)OCc1ccccc1. The lowest BCUT2D eigenvalue weighted by atomic mass is 10.1. The summed E-state index contributed by atoms with van der Waals surface area (Å²) in [7, 11) is -3.79. The van der Waals surface area contributed by atoms with Crippen molar-refractivity contribution in [3.63, 3.8) is 0 Å². The van der Waals surface area contributed by atoms with Gasteiger partial charge in [-0.3, -0.25) is 0 Å². The Hall–Kier alpha value is -3.24. The molecule has 3 aromatic rings. The van der Waals surface area contributed by atoms with E-state index in [2.05, 4.69) is 24.6 Å². The highest BCUT2D eigenvalue weighted by atomic mass is 32.2. The number of aromatic nitrogens is 1. The molecule has 0 radical (unpaired) electrons. The largest absolute Gasteiger partial charge is 0.465 e. The average molecular weight is 515 g/mol. The molecule has 10 heteroatoms. The van der Waals surface area contributed by atoms with Gasteiger partial charge in [-0.15, -0.1) is 0 Å². The van der Waals surface area contributed by atoms with Gasteiger partial charge < -0.3 is 9.47 Å². The van der Waals surface area contributed by atoms with Crippen molar-refractivity contribution in [3.8, 4) is 0 Å². The highest BCUT2D eigenvalue weighted by Crippen LogP contribution is 2.22. The van der Waals surface area contributed by atoms with Crippen LogP contribution in [0.2, 0.25) is 25.7 Å². The van der Waals surface area contributed by atoms with Gasteiger partial charge in [0.15, 0.2) is 0 Å². The fraction of sp³-hybridized carbons (Fsp3) is 0.320. The summed E-state index contributed by atoms with van der Waals surface area (Å²) in [5.41, 5.74) is 1.93. The van der Waals surface area contributed by atoms with Gasteiger partial charge in [0.1, 0.15) is 12.3 Å².